The van der Waals surface area contributed by atoms with Crippen LogP contribution < -0.4 is 5.32 Å². The first kappa shape index (κ1) is 13.7. The third kappa shape index (κ3) is 2.20. The predicted octanol–water partition coefficient (Wildman–Crippen LogP) is 3.19. The van der Waals surface area contributed by atoms with Crippen molar-refractivity contribution in [3.8, 4) is 11.1 Å². The predicted molar refractivity (Wildman–Crippen MR) is 95.8 cm³/mol. The summed E-state index contributed by atoms with van der Waals surface area (Å²) in [7, 11) is 0. The minimum Gasteiger partial charge on any atom is -0.361 e. The summed E-state index contributed by atoms with van der Waals surface area (Å²) in [4.78, 5) is 3.34. The molecule has 2 aromatic heterocycles. The average molecular weight is 317 g/mol. The van der Waals surface area contributed by atoms with Crippen LogP contribution in [0.3, 0.4) is 0 Å². The van der Waals surface area contributed by atoms with E-state index in [0.717, 1.165) is 36.2 Å². The highest BCUT2D eigenvalue weighted by atomic mass is 15.4. The van der Waals surface area contributed by atoms with Crippen LogP contribution in [0.5, 0.6) is 0 Å². The van der Waals surface area contributed by atoms with Gasteiger partial charge in [-0.15, -0.1) is 5.10 Å². The van der Waals surface area contributed by atoms with Crippen molar-refractivity contribution in [3.05, 3.63) is 48.7 Å². The van der Waals surface area contributed by atoms with Gasteiger partial charge < -0.3 is 10.3 Å². The number of aromatic amines is 1. The highest BCUT2D eigenvalue weighted by molar-refractivity contribution is 5.97. The highest BCUT2D eigenvalue weighted by Crippen LogP contribution is 2.30. The number of aromatic nitrogens is 4. The van der Waals surface area contributed by atoms with Gasteiger partial charge in [0.25, 0.3) is 0 Å². The molecule has 0 aliphatic carbocycles. The molecule has 5 nitrogen and oxygen atoms in total. The molecule has 1 aliphatic rings. The fourth-order valence-corrected chi connectivity index (χ4v) is 3.70. The largest absolute Gasteiger partial charge is 0.361 e. The molecule has 0 radical (unpaired) electrons. The van der Waals surface area contributed by atoms with Gasteiger partial charge in [0.2, 0.25) is 0 Å². The average Bonchev–Trinajstić information content (AvgIpc) is 3.35. The van der Waals surface area contributed by atoms with Gasteiger partial charge in [0.05, 0.1) is 5.52 Å². The maximum absolute atomic E-state index is 4.39. The fourth-order valence-electron chi connectivity index (χ4n) is 3.70. The lowest BCUT2D eigenvalue weighted by molar-refractivity contribution is 0.450. The first-order valence-corrected chi connectivity index (χ1v) is 8.49. The van der Waals surface area contributed by atoms with Crippen molar-refractivity contribution in [1.29, 1.82) is 0 Å². The summed E-state index contributed by atoms with van der Waals surface area (Å²) in [6.07, 6.45) is 3.29. The number of hydrogen-bond donors (Lipinski definition) is 2. The number of nitrogens with one attached hydrogen (secondary N) is 2. The summed E-state index contributed by atoms with van der Waals surface area (Å²) in [6, 6.07) is 14.8. The zero-order valence-electron chi connectivity index (χ0n) is 13.4. The lowest BCUT2D eigenvalue weighted by Gasteiger charge is -2.08. The molecule has 5 heteroatoms. The van der Waals surface area contributed by atoms with Crippen LogP contribution in [0.2, 0.25) is 0 Å². The first-order chi connectivity index (χ1) is 11.9. The quantitative estimate of drug-likeness (QED) is 0.610. The maximum atomic E-state index is 4.39. The molecular formula is C19H19N5. The van der Waals surface area contributed by atoms with E-state index >= 15 is 0 Å². The van der Waals surface area contributed by atoms with Crippen molar-refractivity contribution in [1.82, 2.24) is 25.3 Å². The van der Waals surface area contributed by atoms with Crippen molar-refractivity contribution < 1.29 is 0 Å². The zero-order valence-corrected chi connectivity index (χ0v) is 13.4. The Morgan fingerprint density at radius 1 is 1.17 bits per heavy atom. The highest BCUT2D eigenvalue weighted by Gasteiger charge is 2.17. The van der Waals surface area contributed by atoms with E-state index in [4.69, 9.17) is 0 Å². The standard InChI is InChI=1S/C19H19N5/c1-2-4-17-15(3-1)16(11-21-17)14-5-6-19-18(9-14)22-23-24(19)12-13-7-8-20-10-13/h1-6,9,11,13,20-21H,7-8,10,12H2. The Morgan fingerprint density at radius 2 is 2.12 bits per heavy atom. The molecule has 1 unspecified atom stereocenters. The van der Waals surface area contributed by atoms with Crippen molar-refractivity contribution in [2.75, 3.05) is 13.1 Å². The summed E-state index contributed by atoms with van der Waals surface area (Å²) in [5, 5.41) is 13.4. The van der Waals surface area contributed by atoms with Gasteiger partial charge in [-0.1, -0.05) is 29.5 Å². The fraction of sp³-hybridized carbons (Fsp3) is 0.263. The molecule has 1 saturated heterocycles. The van der Waals surface area contributed by atoms with E-state index in [1.165, 1.54) is 22.9 Å². The van der Waals surface area contributed by atoms with Crippen LogP contribution in [0.4, 0.5) is 0 Å². The van der Waals surface area contributed by atoms with Crippen molar-refractivity contribution in [3.63, 3.8) is 0 Å². The van der Waals surface area contributed by atoms with Gasteiger partial charge in [0.15, 0.2) is 0 Å². The number of para-hydroxylation sites is 1. The van der Waals surface area contributed by atoms with Gasteiger partial charge in [0.1, 0.15) is 5.52 Å². The number of rotatable bonds is 3. The minimum atomic E-state index is 0.656. The second kappa shape index (κ2) is 5.46. The lowest BCUT2D eigenvalue weighted by atomic mass is 10.0. The molecular weight excluding hydrogens is 298 g/mol. The molecule has 1 fully saturated rings. The van der Waals surface area contributed by atoms with Crippen molar-refractivity contribution >= 4 is 21.9 Å². The Morgan fingerprint density at radius 3 is 3.04 bits per heavy atom. The Labute approximate surface area is 139 Å². The third-order valence-corrected chi connectivity index (χ3v) is 5.01. The summed E-state index contributed by atoms with van der Waals surface area (Å²) in [6.45, 7) is 3.13. The number of hydrogen-bond acceptors (Lipinski definition) is 3. The zero-order chi connectivity index (χ0) is 15.9. The molecule has 1 atom stereocenters. The molecule has 24 heavy (non-hydrogen) atoms. The molecule has 0 saturated carbocycles. The molecule has 120 valence electrons. The van der Waals surface area contributed by atoms with Crippen LogP contribution >= 0.6 is 0 Å². The van der Waals surface area contributed by atoms with Gasteiger partial charge in [-0.2, -0.15) is 0 Å². The third-order valence-electron chi connectivity index (χ3n) is 5.01. The van der Waals surface area contributed by atoms with Gasteiger partial charge in [-0.05, 0) is 49.2 Å². The van der Waals surface area contributed by atoms with Crippen molar-refractivity contribution in [2.24, 2.45) is 5.92 Å². The lowest BCUT2D eigenvalue weighted by Crippen LogP contribution is -2.15. The normalized spacial score (nSPS) is 17.9. The number of benzene rings is 2. The molecule has 0 bridgehead atoms. The van der Waals surface area contributed by atoms with E-state index in [-0.39, 0.29) is 0 Å². The molecule has 5 rings (SSSR count). The molecule has 0 spiro atoms. The van der Waals surface area contributed by atoms with Crippen LogP contribution in [0.1, 0.15) is 6.42 Å². The second-order valence-electron chi connectivity index (χ2n) is 6.58. The van der Waals surface area contributed by atoms with Gasteiger partial charge in [-0.25, -0.2) is 4.68 Å². The van der Waals surface area contributed by atoms with E-state index in [9.17, 15) is 0 Å². The van der Waals surface area contributed by atoms with E-state index < -0.39 is 0 Å². The van der Waals surface area contributed by atoms with Crippen molar-refractivity contribution in [2.45, 2.75) is 13.0 Å². The van der Waals surface area contributed by atoms with Crippen LogP contribution in [-0.4, -0.2) is 33.1 Å². The van der Waals surface area contributed by atoms with E-state index in [1.54, 1.807) is 0 Å². The molecule has 4 aromatic rings. The van der Waals surface area contributed by atoms with Gasteiger partial charge in [0, 0.05) is 29.2 Å². The van der Waals surface area contributed by atoms with E-state index in [0.29, 0.717) is 5.92 Å². The summed E-state index contributed by atoms with van der Waals surface area (Å²) in [5.74, 6) is 0.656. The Hall–Kier alpha value is -2.66. The summed E-state index contributed by atoms with van der Waals surface area (Å²) in [5.41, 5.74) is 5.62. The maximum Gasteiger partial charge on any atom is 0.113 e. The van der Waals surface area contributed by atoms with Gasteiger partial charge >= 0.3 is 0 Å². The number of nitrogens with zero attached hydrogens (tertiary/aromatic N) is 3. The smallest absolute Gasteiger partial charge is 0.113 e. The minimum absolute atomic E-state index is 0.656. The Bertz CT molecular complexity index is 1010. The van der Waals surface area contributed by atoms with Crippen LogP contribution in [0, 0.1) is 5.92 Å². The molecule has 3 heterocycles. The molecule has 0 amide bonds. The second-order valence-corrected chi connectivity index (χ2v) is 6.58. The number of fused-ring (bicyclic) bond motifs is 2. The molecule has 2 aromatic carbocycles. The van der Waals surface area contributed by atoms with Crippen LogP contribution in [0.15, 0.2) is 48.7 Å². The number of H-pyrrole nitrogens is 1. The van der Waals surface area contributed by atoms with E-state index in [2.05, 4.69) is 69.3 Å². The summed E-state index contributed by atoms with van der Waals surface area (Å²) >= 11 is 0. The molecule has 2 N–H and O–H groups in total. The van der Waals surface area contributed by atoms with Crippen LogP contribution in [-0.2, 0) is 6.54 Å². The molecule has 1 aliphatic heterocycles. The first-order valence-electron chi connectivity index (χ1n) is 8.49. The monoisotopic (exact) mass is 317 g/mol. The SMILES string of the molecule is c1ccc2c(-c3ccc4c(c3)nnn4CC3CCNC3)c[nH]c2c1. The Kier molecular flexibility index (Phi) is 3.13. The Balaban J connectivity index is 1.54. The van der Waals surface area contributed by atoms with Gasteiger partial charge in [-0.3, -0.25) is 0 Å². The van der Waals surface area contributed by atoms with Crippen LogP contribution in [0.25, 0.3) is 33.1 Å². The topological polar surface area (TPSA) is 58.5 Å². The summed E-state index contributed by atoms with van der Waals surface area (Å²) < 4.78 is 2.05. The van der Waals surface area contributed by atoms with E-state index in [1.807, 2.05) is 4.68 Å².